The van der Waals surface area contributed by atoms with Gasteiger partial charge in [-0.15, -0.1) is 0 Å². The first-order valence-corrected chi connectivity index (χ1v) is 9.91. The van der Waals surface area contributed by atoms with Crippen molar-refractivity contribution in [2.75, 3.05) is 13.6 Å². The zero-order valence-electron chi connectivity index (χ0n) is 18.0. The van der Waals surface area contributed by atoms with E-state index in [2.05, 4.69) is 15.8 Å². The molecule has 1 atom stereocenters. The van der Waals surface area contributed by atoms with Gasteiger partial charge in [0, 0.05) is 17.8 Å². The van der Waals surface area contributed by atoms with Gasteiger partial charge >= 0.3 is 6.03 Å². The van der Waals surface area contributed by atoms with E-state index in [1.807, 2.05) is 53.8 Å². The summed E-state index contributed by atoms with van der Waals surface area (Å²) in [5.74, 6) is -0.895. The lowest BCUT2D eigenvalue weighted by atomic mass is 10.00. The van der Waals surface area contributed by atoms with Crippen LogP contribution in [0.2, 0.25) is 0 Å². The number of likely N-dealkylation sites (N-methyl/N-ethyl adjacent to an activating group) is 1. The van der Waals surface area contributed by atoms with E-state index in [0.717, 1.165) is 27.6 Å². The van der Waals surface area contributed by atoms with Crippen molar-refractivity contribution in [3.63, 3.8) is 0 Å². The molecule has 1 aromatic carbocycles. The van der Waals surface area contributed by atoms with Gasteiger partial charge in [0.2, 0.25) is 0 Å². The first kappa shape index (κ1) is 21.5. The third kappa shape index (κ3) is 4.06. The molecular formula is C21H28N6O3. The quantitative estimate of drug-likeness (QED) is 0.674. The average molecular weight is 412 g/mol. The van der Waals surface area contributed by atoms with Crippen LogP contribution in [-0.2, 0) is 16.1 Å². The third-order valence-electron chi connectivity index (χ3n) is 5.49. The van der Waals surface area contributed by atoms with Crippen LogP contribution >= 0.6 is 0 Å². The van der Waals surface area contributed by atoms with E-state index in [1.54, 1.807) is 20.9 Å². The SMILES string of the molecule is CCC1(C)NC(=O)N(NC(=O)CN(C)Cc2c(C)nn(-c3ccccc3)c2C)C1=O. The molecule has 2 heterocycles. The van der Waals surface area contributed by atoms with Gasteiger partial charge in [-0.1, -0.05) is 25.1 Å². The Labute approximate surface area is 176 Å². The molecule has 1 fully saturated rings. The Morgan fingerprint density at radius 3 is 2.50 bits per heavy atom. The van der Waals surface area contributed by atoms with Crippen molar-refractivity contribution in [2.45, 2.75) is 46.2 Å². The molecule has 0 saturated carbocycles. The largest absolute Gasteiger partial charge is 0.344 e. The Hall–Kier alpha value is -3.20. The minimum absolute atomic E-state index is 0.0231. The second kappa shape index (κ2) is 8.27. The zero-order valence-corrected chi connectivity index (χ0v) is 18.0. The summed E-state index contributed by atoms with van der Waals surface area (Å²) in [7, 11) is 1.81. The smallest absolute Gasteiger partial charge is 0.322 e. The maximum Gasteiger partial charge on any atom is 0.344 e. The first-order valence-electron chi connectivity index (χ1n) is 9.91. The van der Waals surface area contributed by atoms with Crippen LogP contribution in [0.5, 0.6) is 0 Å². The number of nitrogens with zero attached hydrogens (tertiary/aromatic N) is 4. The van der Waals surface area contributed by atoms with Crippen molar-refractivity contribution >= 4 is 17.8 Å². The average Bonchev–Trinajstić information content (AvgIpc) is 3.11. The van der Waals surface area contributed by atoms with Crippen LogP contribution in [0.3, 0.4) is 0 Å². The third-order valence-corrected chi connectivity index (χ3v) is 5.49. The molecular weight excluding hydrogens is 384 g/mol. The standard InChI is InChI=1S/C21H28N6O3/c1-6-21(4)19(29)27(20(30)22-21)24-18(28)13-25(5)12-17-14(2)23-26(15(17)3)16-10-8-7-9-11-16/h7-11H,6,12-13H2,1-5H3,(H,22,30)(H,24,28). The Morgan fingerprint density at radius 1 is 1.23 bits per heavy atom. The highest BCUT2D eigenvalue weighted by Gasteiger charge is 2.47. The van der Waals surface area contributed by atoms with Crippen molar-refractivity contribution in [3.05, 3.63) is 47.3 Å². The fourth-order valence-electron chi connectivity index (χ4n) is 3.48. The van der Waals surface area contributed by atoms with E-state index in [9.17, 15) is 14.4 Å². The molecule has 0 bridgehead atoms. The fraction of sp³-hybridized carbons (Fsp3) is 0.429. The second-order valence-corrected chi connectivity index (χ2v) is 7.86. The number of urea groups is 1. The van der Waals surface area contributed by atoms with Gasteiger partial charge < -0.3 is 5.32 Å². The van der Waals surface area contributed by atoms with Crippen LogP contribution < -0.4 is 10.7 Å². The lowest BCUT2D eigenvalue weighted by molar-refractivity contribution is -0.139. The number of rotatable bonds is 7. The Bertz CT molecular complexity index is 971. The number of hydrogen-bond donors (Lipinski definition) is 2. The van der Waals surface area contributed by atoms with E-state index in [4.69, 9.17) is 0 Å². The molecule has 30 heavy (non-hydrogen) atoms. The highest BCUT2D eigenvalue weighted by atomic mass is 16.2. The van der Waals surface area contributed by atoms with Gasteiger partial charge in [-0.2, -0.15) is 10.1 Å². The van der Waals surface area contributed by atoms with Crippen molar-refractivity contribution in [3.8, 4) is 5.69 Å². The molecule has 9 nitrogen and oxygen atoms in total. The van der Waals surface area contributed by atoms with Gasteiger partial charge in [-0.3, -0.25) is 19.9 Å². The molecule has 9 heteroatoms. The monoisotopic (exact) mass is 412 g/mol. The molecule has 1 aliphatic heterocycles. The molecule has 0 radical (unpaired) electrons. The van der Waals surface area contributed by atoms with E-state index in [1.165, 1.54) is 0 Å². The Balaban J connectivity index is 1.64. The van der Waals surface area contributed by atoms with Gasteiger partial charge in [0.25, 0.3) is 11.8 Å². The summed E-state index contributed by atoms with van der Waals surface area (Å²) in [5, 5.41) is 8.00. The predicted octanol–water partition coefficient (Wildman–Crippen LogP) is 1.67. The topological polar surface area (TPSA) is 99.6 Å². The molecule has 1 unspecified atom stereocenters. The lowest BCUT2D eigenvalue weighted by Crippen LogP contribution is -2.50. The molecule has 0 aliphatic carbocycles. The number of hydrazine groups is 1. The number of carbonyl (C=O) groups is 3. The van der Waals surface area contributed by atoms with Gasteiger partial charge in [0.05, 0.1) is 17.9 Å². The summed E-state index contributed by atoms with van der Waals surface area (Å²) in [5.41, 5.74) is 5.31. The van der Waals surface area contributed by atoms with E-state index in [-0.39, 0.29) is 6.54 Å². The van der Waals surface area contributed by atoms with Crippen LogP contribution in [-0.4, -0.2) is 56.7 Å². The van der Waals surface area contributed by atoms with Gasteiger partial charge in [-0.25, -0.2) is 9.48 Å². The molecule has 0 spiro atoms. The molecule has 3 rings (SSSR count). The summed E-state index contributed by atoms with van der Waals surface area (Å²) in [6, 6.07) is 9.24. The summed E-state index contributed by atoms with van der Waals surface area (Å²) in [4.78, 5) is 38.7. The first-order chi connectivity index (χ1) is 14.2. The second-order valence-electron chi connectivity index (χ2n) is 7.86. The molecule has 1 saturated heterocycles. The molecule has 1 aliphatic rings. The minimum atomic E-state index is -0.990. The van der Waals surface area contributed by atoms with Gasteiger partial charge in [-0.05, 0) is 46.4 Å². The van der Waals surface area contributed by atoms with Crippen LogP contribution in [0.25, 0.3) is 5.69 Å². The number of nitrogens with one attached hydrogen (secondary N) is 2. The summed E-state index contributed by atoms with van der Waals surface area (Å²) in [6.07, 6.45) is 0.438. The Morgan fingerprint density at radius 2 is 1.90 bits per heavy atom. The maximum absolute atomic E-state index is 12.4. The van der Waals surface area contributed by atoms with Gasteiger partial charge in [0.1, 0.15) is 5.54 Å². The number of aromatic nitrogens is 2. The highest BCUT2D eigenvalue weighted by Crippen LogP contribution is 2.20. The number of carbonyl (C=O) groups excluding carboxylic acids is 3. The van der Waals surface area contributed by atoms with Crippen LogP contribution in [0.15, 0.2) is 30.3 Å². The molecule has 160 valence electrons. The number of imide groups is 1. The number of para-hydroxylation sites is 1. The minimum Gasteiger partial charge on any atom is -0.322 e. The number of amides is 4. The Kier molecular flexibility index (Phi) is 5.93. The van der Waals surface area contributed by atoms with Crippen LogP contribution in [0.1, 0.15) is 37.2 Å². The number of benzene rings is 1. The van der Waals surface area contributed by atoms with Crippen LogP contribution in [0, 0.1) is 13.8 Å². The maximum atomic E-state index is 12.4. The lowest BCUT2D eigenvalue weighted by Gasteiger charge is -2.21. The van der Waals surface area contributed by atoms with Gasteiger partial charge in [0.15, 0.2) is 0 Å². The van der Waals surface area contributed by atoms with E-state index >= 15 is 0 Å². The van der Waals surface area contributed by atoms with E-state index < -0.39 is 23.4 Å². The van der Waals surface area contributed by atoms with Crippen molar-refractivity contribution in [1.82, 2.24) is 30.4 Å². The van der Waals surface area contributed by atoms with Crippen molar-refractivity contribution in [1.29, 1.82) is 0 Å². The van der Waals surface area contributed by atoms with Crippen molar-refractivity contribution < 1.29 is 14.4 Å². The summed E-state index contributed by atoms with van der Waals surface area (Å²) in [6.45, 7) is 7.91. The summed E-state index contributed by atoms with van der Waals surface area (Å²) >= 11 is 0. The van der Waals surface area contributed by atoms with Crippen LogP contribution in [0.4, 0.5) is 4.79 Å². The number of hydrogen-bond acceptors (Lipinski definition) is 5. The normalized spacial score (nSPS) is 18.8. The summed E-state index contributed by atoms with van der Waals surface area (Å²) < 4.78 is 1.89. The highest BCUT2D eigenvalue weighted by molar-refractivity contribution is 6.07. The molecule has 2 N–H and O–H groups in total. The fourth-order valence-corrected chi connectivity index (χ4v) is 3.48. The molecule has 4 amide bonds. The van der Waals surface area contributed by atoms with E-state index in [0.29, 0.717) is 13.0 Å². The zero-order chi connectivity index (χ0) is 22.1. The molecule has 2 aromatic rings. The number of aryl methyl sites for hydroxylation is 1. The van der Waals surface area contributed by atoms with Crippen molar-refractivity contribution in [2.24, 2.45) is 0 Å². The predicted molar refractivity (Wildman–Crippen MR) is 112 cm³/mol. The molecule has 1 aromatic heterocycles.